The molecule has 4 aromatic rings. The number of aryl methyl sites for hydroxylation is 1. The quantitative estimate of drug-likeness (QED) is 0.230. The predicted molar refractivity (Wildman–Crippen MR) is 128 cm³/mol. The highest BCUT2D eigenvalue weighted by molar-refractivity contribution is 7.98. The molecule has 0 radical (unpaired) electrons. The standard InChI is InChI=1S/C22H22N6O2S2/c1-4-11-28-19(14-9-7-6-8-10-14)26-27-22(28)31-12-15-24-18(23)16-13(3)17(21(29)30-5-2)32-20(16)25-15/h4,6-10H,1,5,11-12H2,2-3H3,(H2,23,24,25). The molecule has 8 nitrogen and oxygen atoms in total. The van der Waals surface area contributed by atoms with Crippen LogP contribution in [0.1, 0.15) is 28.0 Å². The normalized spacial score (nSPS) is 11.1. The van der Waals surface area contributed by atoms with Crippen molar-refractivity contribution in [3.05, 3.63) is 59.3 Å². The number of nitrogens with zero attached hydrogens (tertiary/aromatic N) is 5. The summed E-state index contributed by atoms with van der Waals surface area (Å²) in [6.45, 7) is 8.35. The van der Waals surface area contributed by atoms with Crippen molar-refractivity contribution in [2.75, 3.05) is 12.3 Å². The van der Waals surface area contributed by atoms with Crippen molar-refractivity contribution in [3.8, 4) is 11.4 Å². The van der Waals surface area contributed by atoms with Gasteiger partial charge in [0.05, 0.1) is 17.7 Å². The van der Waals surface area contributed by atoms with Gasteiger partial charge in [-0.05, 0) is 19.4 Å². The molecule has 0 amide bonds. The lowest BCUT2D eigenvalue weighted by atomic mass is 10.2. The molecule has 0 aliphatic rings. The van der Waals surface area contributed by atoms with Crippen molar-refractivity contribution in [2.45, 2.75) is 31.3 Å². The number of fused-ring (bicyclic) bond motifs is 1. The predicted octanol–water partition coefficient (Wildman–Crippen LogP) is 4.50. The zero-order valence-electron chi connectivity index (χ0n) is 17.7. The lowest BCUT2D eigenvalue weighted by Crippen LogP contribution is -2.04. The van der Waals surface area contributed by atoms with Crippen LogP contribution in [0.3, 0.4) is 0 Å². The first-order valence-corrected chi connectivity index (χ1v) is 11.8. The van der Waals surface area contributed by atoms with E-state index in [9.17, 15) is 4.79 Å². The second-order valence-corrected chi connectivity index (χ2v) is 8.78. The van der Waals surface area contributed by atoms with E-state index in [2.05, 4.69) is 26.7 Å². The third-order valence-corrected chi connectivity index (χ3v) is 6.84. The van der Waals surface area contributed by atoms with Gasteiger partial charge in [0.15, 0.2) is 11.0 Å². The summed E-state index contributed by atoms with van der Waals surface area (Å²) in [5, 5.41) is 10.2. The lowest BCUT2D eigenvalue weighted by molar-refractivity contribution is 0.0531. The number of allylic oxidation sites excluding steroid dienone is 1. The summed E-state index contributed by atoms with van der Waals surface area (Å²) in [4.78, 5) is 22.5. The van der Waals surface area contributed by atoms with Gasteiger partial charge in [-0.3, -0.25) is 4.57 Å². The molecule has 32 heavy (non-hydrogen) atoms. The van der Waals surface area contributed by atoms with E-state index in [1.54, 1.807) is 6.92 Å². The summed E-state index contributed by atoms with van der Waals surface area (Å²) in [6, 6.07) is 9.89. The van der Waals surface area contributed by atoms with Gasteiger partial charge >= 0.3 is 5.97 Å². The Labute approximate surface area is 193 Å². The van der Waals surface area contributed by atoms with Crippen LogP contribution < -0.4 is 5.73 Å². The van der Waals surface area contributed by atoms with Crippen LogP contribution in [0.25, 0.3) is 21.6 Å². The average Bonchev–Trinajstić information content (AvgIpc) is 3.34. The van der Waals surface area contributed by atoms with Gasteiger partial charge in [0.2, 0.25) is 0 Å². The maximum absolute atomic E-state index is 12.2. The molecule has 0 saturated heterocycles. The maximum Gasteiger partial charge on any atom is 0.348 e. The molecule has 10 heteroatoms. The van der Waals surface area contributed by atoms with E-state index < -0.39 is 0 Å². The Hall–Kier alpha value is -3.24. The number of hydrogen-bond donors (Lipinski definition) is 1. The fourth-order valence-corrected chi connectivity index (χ4v) is 5.19. The van der Waals surface area contributed by atoms with E-state index in [4.69, 9.17) is 10.5 Å². The third-order valence-electron chi connectivity index (χ3n) is 4.72. The number of hydrogen-bond acceptors (Lipinski definition) is 9. The van der Waals surface area contributed by atoms with Gasteiger partial charge in [-0.1, -0.05) is 48.2 Å². The molecule has 0 spiro atoms. The van der Waals surface area contributed by atoms with Crippen LogP contribution >= 0.6 is 23.1 Å². The minimum absolute atomic E-state index is 0.311. The summed E-state index contributed by atoms with van der Waals surface area (Å²) in [6.07, 6.45) is 1.81. The maximum atomic E-state index is 12.2. The SMILES string of the molecule is C=CCn1c(SCc2nc(N)c3c(C)c(C(=O)OCC)sc3n2)nnc1-c1ccccc1. The lowest BCUT2D eigenvalue weighted by Gasteiger charge is -2.08. The van der Waals surface area contributed by atoms with Gasteiger partial charge in [-0.15, -0.1) is 28.1 Å². The Morgan fingerprint density at radius 3 is 2.78 bits per heavy atom. The summed E-state index contributed by atoms with van der Waals surface area (Å²) in [7, 11) is 0. The molecule has 0 atom stereocenters. The second-order valence-electron chi connectivity index (χ2n) is 6.84. The minimum atomic E-state index is -0.366. The first-order chi connectivity index (χ1) is 15.5. The minimum Gasteiger partial charge on any atom is -0.462 e. The van der Waals surface area contributed by atoms with Crippen LogP contribution in [0.15, 0.2) is 48.1 Å². The first-order valence-electron chi connectivity index (χ1n) is 9.98. The molecule has 3 heterocycles. The van der Waals surface area contributed by atoms with Crippen molar-refractivity contribution in [3.63, 3.8) is 0 Å². The van der Waals surface area contributed by atoms with Gasteiger partial charge in [0, 0.05) is 12.1 Å². The largest absolute Gasteiger partial charge is 0.462 e. The molecule has 0 aliphatic heterocycles. The summed E-state index contributed by atoms with van der Waals surface area (Å²) >= 11 is 2.75. The van der Waals surface area contributed by atoms with Gasteiger partial charge in [0.1, 0.15) is 21.3 Å². The number of anilines is 1. The van der Waals surface area contributed by atoms with E-state index >= 15 is 0 Å². The van der Waals surface area contributed by atoms with Crippen LogP contribution in [0.2, 0.25) is 0 Å². The third kappa shape index (κ3) is 4.23. The summed E-state index contributed by atoms with van der Waals surface area (Å²) < 4.78 is 7.14. The monoisotopic (exact) mass is 466 g/mol. The smallest absolute Gasteiger partial charge is 0.348 e. The number of carbonyl (C=O) groups is 1. The fraction of sp³-hybridized carbons (Fsp3) is 0.227. The second kappa shape index (κ2) is 9.49. The van der Waals surface area contributed by atoms with Gasteiger partial charge in [-0.2, -0.15) is 0 Å². The van der Waals surface area contributed by atoms with E-state index in [1.165, 1.54) is 23.1 Å². The van der Waals surface area contributed by atoms with Crippen LogP contribution in [0, 0.1) is 6.92 Å². The van der Waals surface area contributed by atoms with Crippen LogP contribution in [0.5, 0.6) is 0 Å². The Balaban J connectivity index is 1.61. The van der Waals surface area contributed by atoms with E-state index in [0.29, 0.717) is 45.6 Å². The Bertz CT molecular complexity index is 1280. The van der Waals surface area contributed by atoms with Crippen LogP contribution in [0.4, 0.5) is 5.82 Å². The van der Waals surface area contributed by atoms with Gasteiger partial charge in [-0.25, -0.2) is 14.8 Å². The van der Waals surface area contributed by atoms with Crippen molar-refractivity contribution in [2.24, 2.45) is 0 Å². The molecule has 3 aromatic heterocycles. The molecule has 2 N–H and O–H groups in total. The molecule has 164 valence electrons. The zero-order chi connectivity index (χ0) is 22.7. The molecule has 0 bridgehead atoms. The Morgan fingerprint density at radius 1 is 1.28 bits per heavy atom. The molecular weight excluding hydrogens is 444 g/mol. The molecular formula is C22H22N6O2S2. The number of thiophene rings is 1. The van der Waals surface area contributed by atoms with E-state index in [1.807, 2.05) is 47.9 Å². The molecule has 0 fully saturated rings. The molecule has 0 aliphatic carbocycles. The average molecular weight is 467 g/mol. The van der Waals surface area contributed by atoms with Crippen molar-refractivity contribution >= 4 is 45.1 Å². The van der Waals surface area contributed by atoms with Crippen molar-refractivity contribution < 1.29 is 9.53 Å². The van der Waals surface area contributed by atoms with Crippen molar-refractivity contribution in [1.82, 2.24) is 24.7 Å². The molecule has 4 rings (SSSR count). The van der Waals surface area contributed by atoms with Gasteiger partial charge in [0.25, 0.3) is 0 Å². The number of thioether (sulfide) groups is 1. The highest BCUT2D eigenvalue weighted by Gasteiger charge is 2.21. The number of nitrogens with two attached hydrogens (primary N) is 1. The Morgan fingerprint density at radius 2 is 2.06 bits per heavy atom. The highest BCUT2D eigenvalue weighted by Crippen LogP contribution is 2.34. The number of benzene rings is 1. The van der Waals surface area contributed by atoms with E-state index in [-0.39, 0.29) is 5.97 Å². The molecule has 0 saturated carbocycles. The number of nitrogen functional groups attached to an aromatic ring is 1. The number of rotatable bonds is 8. The van der Waals surface area contributed by atoms with Gasteiger partial charge < -0.3 is 10.5 Å². The number of carbonyl (C=O) groups excluding carboxylic acids is 1. The highest BCUT2D eigenvalue weighted by atomic mass is 32.2. The number of esters is 1. The molecule has 1 aromatic carbocycles. The van der Waals surface area contributed by atoms with Crippen LogP contribution in [-0.2, 0) is 17.0 Å². The molecule has 0 unspecified atom stereocenters. The van der Waals surface area contributed by atoms with Crippen LogP contribution in [-0.4, -0.2) is 37.3 Å². The summed E-state index contributed by atoms with van der Waals surface area (Å²) in [5.74, 6) is 1.78. The number of aromatic nitrogens is 5. The van der Waals surface area contributed by atoms with Crippen molar-refractivity contribution in [1.29, 1.82) is 0 Å². The topological polar surface area (TPSA) is 109 Å². The summed E-state index contributed by atoms with van der Waals surface area (Å²) in [5.41, 5.74) is 7.95. The first kappa shape index (κ1) is 22.0. The van der Waals surface area contributed by atoms with E-state index in [0.717, 1.165) is 22.1 Å². The zero-order valence-corrected chi connectivity index (χ0v) is 19.4. The number of ether oxygens (including phenoxy) is 1. The fourth-order valence-electron chi connectivity index (χ4n) is 3.29. The Kier molecular flexibility index (Phi) is 6.52.